The maximum Gasteiger partial charge on any atom is 0.251 e. The van der Waals surface area contributed by atoms with E-state index >= 15 is 0 Å². The van der Waals surface area contributed by atoms with Gasteiger partial charge in [-0.05, 0) is 36.6 Å². The number of hydrogen-bond acceptors (Lipinski definition) is 3. The van der Waals surface area contributed by atoms with Gasteiger partial charge in [0.15, 0.2) is 0 Å². The van der Waals surface area contributed by atoms with Crippen molar-refractivity contribution in [3.8, 4) is 0 Å². The summed E-state index contributed by atoms with van der Waals surface area (Å²) in [6.07, 6.45) is 0.532. The second kappa shape index (κ2) is 7.82. The summed E-state index contributed by atoms with van der Waals surface area (Å²) >= 11 is 0. The van der Waals surface area contributed by atoms with E-state index < -0.39 is 6.04 Å². The molecule has 0 bridgehead atoms. The van der Waals surface area contributed by atoms with Gasteiger partial charge in [0.2, 0.25) is 11.9 Å². The smallest absolute Gasteiger partial charge is 0.251 e. The van der Waals surface area contributed by atoms with E-state index in [9.17, 15) is 9.59 Å². The van der Waals surface area contributed by atoms with Gasteiger partial charge in [-0.15, -0.1) is 0 Å². The Hall–Kier alpha value is -3.15. The number of carbonyl (C=O) groups excluding carboxylic acids is 2. The van der Waals surface area contributed by atoms with Crippen LogP contribution >= 0.6 is 0 Å². The zero-order valence-electron chi connectivity index (χ0n) is 14.8. The third kappa shape index (κ3) is 4.27. The standard InChI is InChI=1S/C20H22N4O2/c1-13(2)12-17(21-18(25)14-8-4-3-5-9-14)19(26)24-20-22-15-10-6-7-11-16(15)23-20/h3-11,13,17H,12H2,1-2H3,(H,21,25)(H2,22,23,24,26)/t17-/m0/s1. The number of H-pyrrole nitrogens is 1. The second-order valence-corrected chi connectivity index (χ2v) is 6.61. The van der Waals surface area contributed by atoms with E-state index in [4.69, 9.17) is 0 Å². The molecular weight excluding hydrogens is 328 g/mol. The van der Waals surface area contributed by atoms with E-state index in [0.717, 1.165) is 11.0 Å². The topological polar surface area (TPSA) is 86.9 Å². The third-order valence-corrected chi connectivity index (χ3v) is 4.00. The first-order chi connectivity index (χ1) is 12.5. The van der Waals surface area contributed by atoms with Gasteiger partial charge >= 0.3 is 0 Å². The Morgan fingerprint density at radius 1 is 1.04 bits per heavy atom. The molecule has 134 valence electrons. The number of rotatable bonds is 6. The number of hydrogen-bond donors (Lipinski definition) is 3. The average molecular weight is 350 g/mol. The van der Waals surface area contributed by atoms with Crippen LogP contribution in [0.4, 0.5) is 5.95 Å². The number of anilines is 1. The summed E-state index contributed by atoms with van der Waals surface area (Å²) in [6, 6.07) is 15.8. The van der Waals surface area contributed by atoms with Gasteiger partial charge in [0.25, 0.3) is 5.91 Å². The fourth-order valence-electron chi connectivity index (χ4n) is 2.75. The SMILES string of the molecule is CC(C)C[C@H](NC(=O)c1ccccc1)C(=O)Nc1nc2ccccc2[nH]1. The molecule has 0 aliphatic rings. The van der Waals surface area contributed by atoms with Crippen LogP contribution in [0.15, 0.2) is 54.6 Å². The Balaban J connectivity index is 1.73. The Morgan fingerprint density at radius 2 is 1.73 bits per heavy atom. The number of benzene rings is 2. The Kier molecular flexibility index (Phi) is 5.31. The lowest BCUT2D eigenvalue weighted by atomic mass is 10.0. The number of carbonyl (C=O) groups is 2. The van der Waals surface area contributed by atoms with Crippen molar-refractivity contribution in [2.45, 2.75) is 26.3 Å². The first-order valence-corrected chi connectivity index (χ1v) is 8.64. The number of fused-ring (bicyclic) bond motifs is 1. The molecule has 2 aromatic carbocycles. The van der Waals surface area contributed by atoms with Crippen molar-refractivity contribution >= 4 is 28.8 Å². The molecule has 2 amide bonds. The first-order valence-electron chi connectivity index (χ1n) is 8.64. The van der Waals surface area contributed by atoms with Crippen molar-refractivity contribution in [1.82, 2.24) is 15.3 Å². The maximum atomic E-state index is 12.7. The van der Waals surface area contributed by atoms with Crippen LogP contribution in [0.3, 0.4) is 0 Å². The number of amides is 2. The molecule has 0 aliphatic heterocycles. The number of para-hydroxylation sites is 2. The minimum Gasteiger partial charge on any atom is -0.340 e. The lowest BCUT2D eigenvalue weighted by Crippen LogP contribution is -2.44. The van der Waals surface area contributed by atoms with Gasteiger partial charge in [0.1, 0.15) is 6.04 Å². The molecule has 3 aromatic rings. The van der Waals surface area contributed by atoms with Crippen LogP contribution in [0.1, 0.15) is 30.6 Å². The van der Waals surface area contributed by atoms with Crippen molar-refractivity contribution in [1.29, 1.82) is 0 Å². The predicted octanol–water partition coefficient (Wildman–Crippen LogP) is 3.35. The van der Waals surface area contributed by atoms with Crippen LogP contribution in [-0.4, -0.2) is 27.8 Å². The number of imidazole rings is 1. The molecule has 26 heavy (non-hydrogen) atoms. The molecule has 0 unspecified atom stereocenters. The predicted molar refractivity (Wildman–Crippen MR) is 102 cm³/mol. The number of nitrogens with zero attached hydrogens (tertiary/aromatic N) is 1. The summed E-state index contributed by atoms with van der Waals surface area (Å²) in [5.41, 5.74) is 2.14. The molecule has 0 radical (unpaired) electrons. The molecule has 0 spiro atoms. The van der Waals surface area contributed by atoms with E-state index in [2.05, 4.69) is 20.6 Å². The van der Waals surface area contributed by atoms with Crippen LogP contribution in [-0.2, 0) is 4.79 Å². The number of aromatic nitrogens is 2. The molecule has 0 fully saturated rings. The minimum atomic E-state index is -0.643. The van der Waals surface area contributed by atoms with Crippen LogP contribution < -0.4 is 10.6 Å². The highest BCUT2D eigenvalue weighted by molar-refractivity contribution is 6.01. The van der Waals surface area contributed by atoms with Gasteiger partial charge in [-0.3, -0.25) is 14.9 Å². The maximum absolute atomic E-state index is 12.7. The lowest BCUT2D eigenvalue weighted by molar-refractivity contribution is -0.118. The molecule has 6 heteroatoms. The molecule has 6 nitrogen and oxygen atoms in total. The van der Waals surface area contributed by atoms with Crippen LogP contribution in [0.5, 0.6) is 0 Å². The Bertz CT molecular complexity index is 869. The van der Waals surface area contributed by atoms with Crippen molar-refractivity contribution in [2.75, 3.05) is 5.32 Å². The van der Waals surface area contributed by atoms with E-state index in [1.165, 1.54) is 0 Å². The van der Waals surface area contributed by atoms with E-state index in [1.807, 2.05) is 44.2 Å². The average Bonchev–Trinajstić information content (AvgIpc) is 3.03. The second-order valence-electron chi connectivity index (χ2n) is 6.61. The highest BCUT2D eigenvalue weighted by Crippen LogP contribution is 2.14. The minimum absolute atomic E-state index is 0.248. The summed E-state index contributed by atoms with van der Waals surface area (Å²) in [7, 11) is 0. The largest absolute Gasteiger partial charge is 0.340 e. The fraction of sp³-hybridized carbons (Fsp3) is 0.250. The van der Waals surface area contributed by atoms with E-state index in [-0.39, 0.29) is 17.7 Å². The number of nitrogens with one attached hydrogen (secondary N) is 3. The van der Waals surface area contributed by atoms with Crippen molar-refractivity contribution < 1.29 is 9.59 Å². The molecule has 1 aromatic heterocycles. The third-order valence-electron chi connectivity index (χ3n) is 4.00. The molecule has 0 aliphatic carbocycles. The molecule has 3 N–H and O–H groups in total. The molecule has 0 saturated carbocycles. The summed E-state index contributed by atoms with van der Waals surface area (Å²) in [5, 5.41) is 5.60. The fourth-order valence-corrected chi connectivity index (χ4v) is 2.75. The molecule has 0 saturated heterocycles. The van der Waals surface area contributed by atoms with Crippen LogP contribution in [0, 0.1) is 5.92 Å². The van der Waals surface area contributed by atoms with Gasteiger partial charge in [-0.2, -0.15) is 0 Å². The van der Waals surface area contributed by atoms with Gasteiger partial charge in [-0.1, -0.05) is 44.2 Å². The van der Waals surface area contributed by atoms with Crippen molar-refractivity contribution in [2.24, 2.45) is 5.92 Å². The summed E-state index contributed by atoms with van der Waals surface area (Å²) < 4.78 is 0. The van der Waals surface area contributed by atoms with Gasteiger partial charge in [0.05, 0.1) is 11.0 Å². The van der Waals surface area contributed by atoms with Crippen LogP contribution in [0.25, 0.3) is 11.0 Å². The molecule has 3 rings (SSSR count). The zero-order valence-corrected chi connectivity index (χ0v) is 14.8. The van der Waals surface area contributed by atoms with Gasteiger partial charge in [0, 0.05) is 5.56 Å². The van der Waals surface area contributed by atoms with E-state index in [1.54, 1.807) is 24.3 Å². The summed E-state index contributed by atoms with van der Waals surface area (Å²) in [6.45, 7) is 4.02. The van der Waals surface area contributed by atoms with Gasteiger partial charge in [-0.25, -0.2) is 4.98 Å². The van der Waals surface area contributed by atoms with Crippen molar-refractivity contribution in [3.05, 3.63) is 60.2 Å². The molecular formula is C20H22N4O2. The monoisotopic (exact) mass is 350 g/mol. The lowest BCUT2D eigenvalue weighted by Gasteiger charge is -2.19. The molecule has 1 heterocycles. The summed E-state index contributed by atoms with van der Waals surface area (Å²) in [4.78, 5) is 32.5. The Morgan fingerprint density at radius 3 is 2.42 bits per heavy atom. The van der Waals surface area contributed by atoms with Crippen molar-refractivity contribution in [3.63, 3.8) is 0 Å². The zero-order chi connectivity index (χ0) is 18.5. The number of aromatic amines is 1. The normalized spacial score (nSPS) is 12.1. The summed E-state index contributed by atoms with van der Waals surface area (Å²) in [5.74, 6) is 0.0643. The highest BCUT2D eigenvalue weighted by Gasteiger charge is 2.23. The van der Waals surface area contributed by atoms with E-state index in [0.29, 0.717) is 17.9 Å². The molecule has 1 atom stereocenters. The van der Waals surface area contributed by atoms with Gasteiger partial charge < -0.3 is 10.3 Å². The first kappa shape index (κ1) is 17.7. The highest BCUT2D eigenvalue weighted by atomic mass is 16.2. The quantitative estimate of drug-likeness (QED) is 0.637. The Labute approximate surface area is 152 Å². The van der Waals surface area contributed by atoms with Crippen LogP contribution in [0.2, 0.25) is 0 Å².